The first-order valence-corrected chi connectivity index (χ1v) is 10.6. The molecule has 2 N–H and O–H groups in total. The summed E-state index contributed by atoms with van der Waals surface area (Å²) < 4.78 is 4.45. The van der Waals surface area contributed by atoms with E-state index in [1.165, 1.54) is 16.9 Å². The fourth-order valence-corrected chi connectivity index (χ4v) is 4.75. The topological polar surface area (TPSA) is 75.8 Å². The average Bonchev–Trinajstić information content (AvgIpc) is 3.52. The number of nitrogens with two attached hydrogens (primary N) is 1. The lowest BCUT2D eigenvalue weighted by atomic mass is 10.1. The monoisotopic (exact) mass is 406 g/mol. The molecule has 0 amide bonds. The van der Waals surface area contributed by atoms with Gasteiger partial charge in [0.15, 0.2) is 5.82 Å². The Balaban J connectivity index is 1.44. The highest BCUT2D eigenvalue weighted by atomic mass is 15.2. The Hall–Kier alpha value is -3.82. The molecule has 2 aromatic carbocycles. The highest BCUT2D eigenvalue weighted by Crippen LogP contribution is 2.35. The number of imidazole rings is 1. The van der Waals surface area contributed by atoms with E-state index in [9.17, 15) is 0 Å². The molecule has 2 aliphatic heterocycles. The second-order valence-electron chi connectivity index (χ2n) is 8.36. The predicted molar refractivity (Wildman–Crippen MR) is 121 cm³/mol. The van der Waals surface area contributed by atoms with Gasteiger partial charge >= 0.3 is 0 Å². The van der Waals surface area contributed by atoms with Crippen molar-refractivity contribution in [1.82, 2.24) is 14.1 Å². The number of hydrogen-bond acceptors (Lipinski definition) is 4. The number of hydrogen-bond donors (Lipinski definition) is 1. The molecule has 1 atom stereocenters. The lowest BCUT2D eigenvalue weighted by Gasteiger charge is -2.20. The van der Waals surface area contributed by atoms with Crippen LogP contribution in [-0.2, 0) is 6.54 Å². The van der Waals surface area contributed by atoms with Crippen molar-refractivity contribution in [2.24, 2.45) is 5.73 Å². The van der Waals surface area contributed by atoms with Gasteiger partial charge in [0.1, 0.15) is 0 Å². The van der Waals surface area contributed by atoms with Gasteiger partial charge in [-0.05, 0) is 53.9 Å². The zero-order chi connectivity index (χ0) is 20.9. The Kier molecular flexibility index (Phi) is 3.98. The minimum atomic E-state index is 0.255. The predicted octanol–water partition coefficient (Wildman–Crippen LogP) is 3.78. The molecule has 1 fully saturated rings. The van der Waals surface area contributed by atoms with Gasteiger partial charge in [0.05, 0.1) is 23.0 Å². The normalized spacial score (nSPS) is 16.9. The van der Waals surface area contributed by atoms with Gasteiger partial charge in [0, 0.05) is 55.5 Å². The van der Waals surface area contributed by atoms with E-state index in [4.69, 9.17) is 11.0 Å². The van der Waals surface area contributed by atoms with Gasteiger partial charge in [0.2, 0.25) is 0 Å². The third kappa shape index (κ3) is 2.94. The van der Waals surface area contributed by atoms with Gasteiger partial charge in [-0.25, -0.2) is 4.98 Å². The fraction of sp³-hybridized carbons (Fsp3) is 0.200. The summed E-state index contributed by atoms with van der Waals surface area (Å²) in [5.41, 5.74) is 13.8. The van der Waals surface area contributed by atoms with Crippen LogP contribution in [0.5, 0.6) is 0 Å². The first-order chi connectivity index (χ1) is 15.2. The quantitative estimate of drug-likeness (QED) is 0.484. The largest absolute Gasteiger partial charge is 0.370 e. The Morgan fingerprint density at radius 2 is 1.94 bits per heavy atom. The summed E-state index contributed by atoms with van der Waals surface area (Å²) in [5, 5.41) is 9.08. The third-order valence-electron chi connectivity index (χ3n) is 6.37. The van der Waals surface area contributed by atoms with Gasteiger partial charge in [-0.15, -0.1) is 0 Å². The molecule has 2 aliphatic rings. The standard InChI is InChI=1S/C25H22N6/c26-13-17-1-3-18(4-2-17)19-12-24-25-28-8-10-31(25)23-6-5-22(29-9-7-21(27)16-29)11-20(23)15-30(24)14-19/h1-6,8,10-12,14,21H,7,9,15-16,27H2/t21-/m1/s1. The van der Waals surface area contributed by atoms with Crippen molar-refractivity contribution in [2.45, 2.75) is 19.0 Å². The van der Waals surface area contributed by atoms with Crippen molar-refractivity contribution < 1.29 is 0 Å². The van der Waals surface area contributed by atoms with E-state index in [1.807, 2.05) is 36.7 Å². The van der Waals surface area contributed by atoms with Crippen LogP contribution in [-0.4, -0.2) is 33.2 Å². The minimum Gasteiger partial charge on any atom is -0.370 e. The van der Waals surface area contributed by atoms with Gasteiger partial charge in [-0.1, -0.05) is 12.1 Å². The van der Waals surface area contributed by atoms with Crippen LogP contribution < -0.4 is 10.6 Å². The maximum Gasteiger partial charge on any atom is 0.161 e. The Morgan fingerprint density at radius 1 is 1.06 bits per heavy atom. The van der Waals surface area contributed by atoms with Crippen LogP contribution in [0.1, 0.15) is 17.5 Å². The van der Waals surface area contributed by atoms with Crippen LogP contribution in [0.25, 0.3) is 28.3 Å². The van der Waals surface area contributed by atoms with E-state index in [2.05, 4.69) is 55.5 Å². The molecule has 31 heavy (non-hydrogen) atoms. The summed E-state index contributed by atoms with van der Waals surface area (Å²) in [5.74, 6) is 0.939. The molecule has 152 valence electrons. The molecule has 0 unspecified atom stereocenters. The SMILES string of the molecule is N#Cc1ccc(-c2cc3n(c2)Cc2cc(N4CC[C@@H](N)C4)ccc2-n2ccnc2-3)cc1. The Bertz CT molecular complexity index is 1320. The zero-order valence-corrected chi connectivity index (χ0v) is 17.1. The van der Waals surface area contributed by atoms with Crippen molar-refractivity contribution in [3.8, 4) is 34.4 Å². The van der Waals surface area contributed by atoms with Crippen molar-refractivity contribution in [3.05, 3.63) is 78.2 Å². The molecule has 0 saturated carbocycles. The van der Waals surface area contributed by atoms with Crippen molar-refractivity contribution in [2.75, 3.05) is 18.0 Å². The molecule has 0 radical (unpaired) electrons. The molecule has 0 spiro atoms. The molecule has 6 heteroatoms. The summed E-state index contributed by atoms with van der Waals surface area (Å²) in [6.45, 7) is 2.69. The lowest BCUT2D eigenvalue weighted by Crippen LogP contribution is -2.26. The molecular formula is C25H22N6. The second kappa shape index (κ2) is 6.86. The van der Waals surface area contributed by atoms with E-state index in [-0.39, 0.29) is 6.04 Å². The van der Waals surface area contributed by atoms with Gasteiger partial charge in [-0.2, -0.15) is 5.26 Å². The van der Waals surface area contributed by atoms with E-state index in [0.29, 0.717) is 5.56 Å². The Labute approximate surface area is 180 Å². The number of rotatable bonds is 2. The van der Waals surface area contributed by atoms with Crippen LogP contribution in [0.4, 0.5) is 5.69 Å². The number of benzene rings is 2. The summed E-state index contributed by atoms with van der Waals surface area (Å²) in [4.78, 5) is 7.05. The van der Waals surface area contributed by atoms with Crippen molar-refractivity contribution in [1.29, 1.82) is 5.26 Å². The number of aromatic nitrogens is 3. The number of nitriles is 1. The molecular weight excluding hydrogens is 384 g/mol. The van der Waals surface area contributed by atoms with Crippen LogP contribution in [0.2, 0.25) is 0 Å². The number of fused-ring (bicyclic) bond motifs is 5. The third-order valence-corrected chi connectivity index (χ3v) is 6.37. The molecule has 0 aliphatic carbocycles. The summed E-state index contributed by atoms with van der Waals surface area (Å²) in [6, 6.07) is 19.1. The smallest absolute Gasteiger partial charge is 0.161 e. The maximum absolute atomic E-state index is 9.08. The maximum atomic E-state index is 9.08. The van der Waals surface area contributed by atoms with Crippen molar-refractivity contribution >= 4 is 5.69 Å². The van der Waals surface area contributed by atoms with Crippen molar-refractivity contribution in [3.63, 3.8) is 0 Å². The number of anilines is 1. The summed E-state index contributed by atoms with van der Waals surface area (Å²) in [6.07, 6.45) is 7.11. The molecule has 0 bridgehead atoms. The van der Waals surface area contributed by atoms with E-state index in [1.54, 1.807) is 0 Å². The molecule has 6 rings (SSSR count). The minimum absolute atomic E-state index is 0.255. The molecule has 4 heterocycles. The van der Waals surface area contributed by atoms with Crippen LogP contribution in [0.15, 0.2) is 67.1 Å². The van der Waals surface area contributed by atoms with Gasteiger partial charge in [-0.3, -0.25) is 4.57 Å². The molecule has 2 aromatic heterocycles. The first kappa shape index (κ1) is 18.0. The van der Waals surface area contributed by atoms with Crippen LogP contribution >= 0.6 is 0 Å². The lowest BCUT2D eigenvalue weighted by molar-refractivity contribution is 0.752. The van der Waals surface area contributed by atoms with E-state index < -0.39 is 0 Å². The molecule has 4 aromatic rings. The number of nitrogens with zero attached hydrogens (tertiary/aromatic N) is 5. The van der Waals surface area contributed by atoms with Crippen LogP contribution in [0, 0.1) is 11.3 Å². The molecule has 6 nitrogen and oxygen atoms in total. The summed E-state index contributed by atoms with van der Waals surface area (Å²) >= 11 is 0. The average molecular weight is 406 g/mol. The van der Waals surface area contributed by atoms with E-state index in [0.717, 1.165) is 48.7 Å². The summed E-state index contributed by atoms with van der Waals surface area (Å²) in [7, 11) is 0. The van der Waals surface area contributed by atoms with E-state index >= 15 is 0 Å². The fourth-order valence-electron chi connectivity index (χ4n) is 4.75. The zero-order valence-electron chi connectivity index (χ0n) is 17.1. The van der Waals surface area contributed by atoms with Crippen LogP contribution in [0.3, 0.4) is 0 Å². The first-order valence-electron chi connectivity index (χ1n) is 10.6. The highest BCUT2D eigenvalue weighted by Gasteiger charge is 2.24. The van der Waals surface area contributed by atoms with Gasteiger partial charge < -0.3 is 15.2 Å². The second-order valence-corrected chi connectivity index (χ2v) is 8.36. The van der Waals surface area contributed by atoms with Gasteiger partial charge in [0.25, 0.3) is 0 Å². The highest BCUT2D eigenvalue weighted by molar-refractivity contribution is 5.72. The molecule has 1 saturated heterocycles. The Morgan fingerprint density at radius 3 is 2.71 bits per heavy atom.